The Morgan fingerprint density at radius 1 is 1.18 bits per heavy atom. The Morgan fingerprint density at radius 3 is 2.47 bits per heavy atom. The van der Waals surface area contributed by atoms with Crippen molar-refractivity contribution in [2.24, 2.45) is 0 Å². The first-order valence-electron chi connectivity index (χ1n) is 5.44. The van der Waals surface area contributed by atoms with Crippen molar-refractivity contribution < 1.29 is 9.50 Å². The summed E-state index contributed by atoms with van der Waals surface area (Å²) in [5.41, 5.74) is 1.84. The van der Waals surface area contributed by atoms with Gasteiger partial charge in [-0.25, -0.2) is 4.39 Å². The summed E-state index contributed by atoms with van der Waals surface area (Å²) in [6.07, 6.45) is 5.62. The number of aryl methyl sites for hydroxylation is 1. The molecule has 1 atom stereocenters. The maximum atomic E-state index is 13.5. The molecule has 17 heavy (non-hydrogen) atoms. The van der Waals surface area contributed by atoms with E-state index in [4.69, 9.17) is 0 Å². The van der Waals surface area contributed by atoms with Gasteiger partial charge in [-0.2, -0.15) is 0 Å². The van der Waals surface area contributed by atoms with Crippen LogP contribution in [0.15, 0.2) is 36.9 Å². The predicted molar refractivity (Wildman–Crippen MR) is 61.9 cm³/mol. The summed E-state index contributed by atoms with van der Waals surface area (Å²) in [4.78, 5) is 7.66. The van der Waals surface area contributed by atoms with Gasteiger partial charge in [0.1, 0.15) is 11.9 Å². The van der Waals surface area contributed by atoms with Crippen molar-refractivity contribution in [1.29, 1.82) is 0 Å². The molecular formula is C13H13FN2O. The molecule has 0 spiro atoms. The van der Waals surface area contributed by atoms with E-state index in [1.807, 2.05) is 6.92 Å². The fourth-order valence-corrected chi connectivity index (χ4v) is 1.78. The van der Waals surface area contributed by atoms with Gasteiger partial charge in [0.25, 0.3) is 0 Å². The molecule has 0 aromatic carbocycles. The van der Waals surface area contributed by atoms with Crippen LogP contribution in [-0.4, -0.2) is 15.1 Å². The van der Waals surface area contributed by atoms with Gasteiger partial charge >= 0.3 is 0 Å². The molecule has 0 aliphatic rings. The monoisotopic (exact) mass is 232 g/mol. The first kappa shape index (κ1) is 11.7. The number of pyridine rings is 2. The summed E-state index contributed by atoms with van der Waals surface area (Å²) in [6, 6.07) is 3.20. The van der Waals surface area contributed by atoms with Gasteiger partial charge in [0.2, 0.25) is 0 Å². The van der Waals surface area contributed by atoms with Crippen LogP contribution < -0.4 is 0 Å². The summed E-state index contributed by atoms with van der Waals surface area (Å²) < 4.78 is 13.5. The predicted octanol–water partition coefficient (Wildman–Crippen LogP) is 2.26. The summed E-state index contributed by atoms with van der Waals surface area (Å²) in [6.45, 7) is 1.97. The lowest BCUT2D eigenvalue weighted by molar-refractivity contribution is 0.213. The van der Waals surface area contributed by atoms with Gasteiger partial charge in [0.05, 0.1) is 6.20 Å². The van der Waals surface area contributed by atoms with Gasteiger partial charge < -0.3 is 5.11 Å². The van der Waals surface area contributed by atoms with E-state index < -0.39 is 11.9 Å². The molecule has 3 nitrogen and oxygen atoms in total. The van der Waals surface area contributed by atoms with Crippen molar-refractivity contribution in [2.75, 3.05) is 0 Å². The van der Waals surface area contributed by atoms with Crippen LogP contribution in [0.5, 0.6) is 0 Å². The highest BCUT2D eigenvalue weighted by atomic mass is 19.1. The maximum Gasteiger partial charge on any atom is 0.147 e. The van der Waals surface area contributed by atoms with E-state index >= 15 is 0 Å². The van der Waals surface area contributed by atoms with E-state index in [0.29, 0.717) is 5.56 Å². The molecule has 0 saturated carbocycles. The van der Waals surface area contributed by atoms with Crippen LogP contribution in [0.25, 0.3) is 0 Å². The molecule has 88 valence electrons. The molecule has 4 heteroatoms. The summed E-state index contributed by atoms with van der Waals surface area (Å²) in [5, 5.41) is 10.2. The van der Waals surface area contributed by atoms with Crippen molar-refractivity contribution in [3.63, 3.8) is 0 Å². The van der Waals surface area contributed by atoms with Crippen LogP contribution in [-0.2, 0) is 6.42 Å². The molecule has 0 aliphatic heterocycles. The van der Waals surface area contributed by atoms with Crippen LogP contribution >= 0.6 is 0 Å². The normalized spacial score (nSPS) is 12.4. The second-order valence-corrected chi connectivity index (χ2v) is 3.73. The number of rotatable bonds is 3. The fraction of sp³-hybridized carbons (Fsp3) is 0.231. The van der Waals surface area contributed by atoms with Gasteiger partial charge in [0.15, 0.2) is 0 Å². The number of hydrogen-bond acceptors (Lipinski definition) is 3. The third kappa shape index (κ3) is 2.31. The largest absolute Gasteiger partial charge is 0.384 e. The SMILES string of the molecule is CCc1cnccc1C(O)c1ccncc1F. The first-order valence-corrected chi connectivity index (χ1v) is 5.44. The Labute approximate surface area is 99.0 Å². The quantitative estimate of drug-likeness (QED) is 0.882. The molecule has 0 radical (unpaired) electrons. The van der Waals surface area contributed by atoms with E-state index in [-0.39, 0.29) is 5.56 Å². The molecule has 1 unspecified atom stereocenters. The van der Waals surface area contributed by atoms with Crippen LogP contribution in [0.2, 0.25) is 0 Å². The number of hydrogen-bond donors (Lipinski definition) is 1. The summed E-state index contributed by atoms with van der Waals surface area (Å²) in [7, 11) is 0. The third-order valence-electron chi connectivity index (χ3n) is 2.72. The molecule has 2 rings (SSSR count). The summed E-state index contributed by atoms with van der Waals surface area (Å²) >= 11 is 0. The van der Waals surface area contributed by atoms with Gasteiger partial charge in [-0.15, -0.1) is 0 Å². The third-order valence-corrected chi connectivity index (χ3v) is 2.72. The minimum absolute atomic E-state index is 0.237. The molecule has 1 N–H and O–H groups in total. The fourth-order valence-electron chi connectivity index (χ4n) is 1.78. The average molecular weight is 232 g/mol. The topological polar surface area (TPSA) is 46.0 Å². The molecule has 2 aromatic heterocycles. The number of nitrogens with zero attached hydrogens (tertiary/aromatic N) is 2. The standard InChI is InChI=1S/C13H13FN2O/c1-2-9-7-15-5-3-10(9)13(17)11-4-6-16-8-12(11)14/h3-8,13,17H,2H2,1H3. The second kappa shape index (κ2) is 5.01. The number of aliphatic hydroxyl groups excluding tert-OH is 1. The lowest BCUT2D eigenvalue weighted by atomic mass is 9.98. The second-order valence-electron chi connectivity index (χ2n) is 3.73. The highest BCUT2D eigenvalue weighted by Gasteiger charge is 2.17. The Hall–Kier alpha value is -1.81. The highest BCUT2D eigenvalue weighted by molar-refractivity contribution is 5.33. The maximum absolute atomic E-state index is 13.5. The molecular weight excluding hydrogens is 219 g/mol. The Morgan fingerprint density at radius 2 is 1.82 bits per heavy atom. The molecule has 0 aliphatic carbocycles. The van der Waals surface area contributed by atoms with Crippen LogP contribution in [0, 0.1) is 5.82 Å². The van der Waals surface area contributed by atoms with Crippen molar-refractivity contribution in [3.05, 3.63) is 59.4 Å². The van der Waals surface area contributed by atoms with E-state index in [1.54, 1.807) is 18.5 Å². The Kier molecular flexibility index (Phi) is 3.44. The smallest absolute Gasteiger partial charge is 0.147 e. The number of aromatic nitrogens is 2. The zero-order valence-corrected chi connectivity index (χ0v) is 9.47. The lowest BCUT2D eigenvalue weighted by Crippen LogP contribution is -2.06. The molecule has 2 heterocycles. The lowest BCUT2D eigenvalue weighted by Gasteiger charge is -2.15. The molecule has 0 fully saturated rings. The van der Waals surface area contributed by atoms with E-state index in [1.165, 1.54) is 12.3 Å². The van der Waals surface area contributed by atoms with Crippen molar-refractivity contribution >= 4 is 0 Å². The van der Waals surface area contributed by atoms with Gasteiger partial charge in [-0.1, -0.05) is 6.92 Å². The highest BCUT2D eigenvalue weighted by Crippen LogP contribution is 2.26. The van der Waals surface area contributed by atoms with Gasteiger partial charge in [-0.3, -0.25) is 9.97 Å². The molecule has 0 amide bonds. The number of aliphatic hydroxyl groups is 1. The van der Waals surface area contributed by atoms with Gasteiger partial charge in [0, 0.05) is 24.2 Å². The van der Waals surface area contributed by atoms with E-state index in [9.17, 15) is 9.50 Å². The Bertz CT molecular complexity index is 516. The minimum Gasteiger partial charge on any atom is -0.384 e. The van der Waals surface area contributed by atoms with Crippen molar-refractivity contribution in [2.45, 2.75) is 19.4 Å². The zero-order chi connectivity index (χ0) is 12.3. The Balaban J connectivity index is 2.44. The molecule has 2 aromatic rings. The van der Waals surface area contributed by atoms with Crippen LogP contribution in [0.1, 0.15) is 29.7 Å². The molecule has 0 saturated heterocycles. The summed E-state index contributed by atoms with van der Waals surface area (Å²) in [5.74, 6) is -0.501. The van der Waals surface area contributed by atoms with Crippen molar-refractivity contribution in [3.8, 4) is 0 Å². The number of halogens is 1. The first-order chi connectivity index (χ1) is 8.24. The zero-order valence-electron chi connectivity index (χ0n) is 9.47. The minimum atomic E-state index is -0.976. The van der Waals surface area contributed by atoms with E-state index in [2.05, 4.69) is 9.97 Å². The van der Waals surface area contributed by atoms with Crippen LogP contribution in [0.3, 0.4) is 0 Å². The van der Waals surface area contributed by atoms with Crippen molar-refractivity contribution in [1.82, 2.24) is 9.97 Å². The van der Waals surface area contributed by atoms with E-state index in [0.717, 1.165) is 18.2 Å². The molecule has 0 bridgehead atoms. The van der Waals surface area contributed by atoms with Gasteiger partial charge in [-0.05, 0) is 29.7 Å². The average Bonchev–Trinajstić information content (AvgIpc) is 2.38. The van der Waals surface area contributed by atoms with Crippen LogP contribution in [0.4, 0.5) is 4.39 Å².